The number of benzene rings is 1. The molecule has 1 saturated heterocycles. The third-order valence-corrected chi connectivity index (χ3v) is 3.48. The van der Waals surface area contributed by atoms with Gasteiger partial charge in [0.2, 0.25) is 0 Å². The molecule has 2 atom stereocenters. The zero-order valence-electron chi connectivity index (χ0n) is 9.41. The van der Waals surface area contributed by atoms with Gasteiger partial charge in [-0.2, -0.15) is 0 Å². The van der Waals surface area contributed by atoms with Crippen LogP contribution in [0.5, 0.6) is 0 Å². The molecule has 2 aromatic rings. The van der Waals surface area contributed by atoms with Gasteiger partial charge in [-0.05, 0) is 31.5 Å². The van der Waals surface area contributed by atoms with E-state index in [1.165, 1.54) is 6.07 Å². The average Bonchev–Trinajstić information content (AvgIpc) is 2.98. The number of rotatable bonds is 2. The van der Waals surface area contributed by atoms with Crippen LogP contribution in [0.15, 0.2) is 24.4 Å². The molecule has 1 fully saturated rings. The molecule has 1 aromatic heterocycles. The number of aromatic nitrogens is 1. The molecular formula is C13H15FN2O. The number of hydrogen-bond donors (Lipinski definition) is 3. The van der Waals surface area contributed by atoms with Gasteiger partial charge in [-0.1, -0.05) is 6.07 Å². The molecule has 3 rings (SSSR count). The van der Waals surface area contributed by atoms with Crippen LogP contribution in [0.1, 0.15) is 24.5 Å². The summed E-state index contributed by atoms with van der Waals surface area (Å²) in [6.07, 6.45) is 3.05. The van der Waals surface area contributed by atoms with Crippen LogP contribution in [-0.2, 0) is 0 Å². The summed E-state index contributed by atoms with van der Waals surface area (Å²) in [6, 6.07) is 4.94. The minimum atomic E-state index is -0.650. The van der Waals surface area contributed by atoms with Crippen molar-refractivity contribution >= 4 is 10.9 Å². The Morgan fingerprint density at radius 1 is 1.41 bits per heavy atom. The Hall–Kier alpha value is -1.39. The van der Waals surface area contributed by atoms with E-state index in [1.54, 1.807) is 12.3 Å². The summed E-state index contributed by atoms with van der Waals surface area (Å²) in [5.74, 6) is -0.282. The maximum absolute atomic E-state index is 13.8. The van der Waals surface area contributed by atoms with Gasteiger partial charge in [-0.25, -0.2) is 4.39 Å². The Bertz CT molecular complexity index is 531. The summed E-state index contributed by atoms with van der Waals surface area (Å²) in [5.41, 5.74) is 1.38. The summed E-state index contributed by atoms with van der Waals surface area (Å²) in [4.78, 5) is 3.01. The van der Waals surface area contributed by atoms with Crippen LogP contribution in [0.3, 0.4) is 0 Å². The molecule has 2 unspecified atom stereocenters. The molecule has 0 bridgehead atoms. The number of hydrogen-bond acceptors (Lipinski definition) is 2. The molecule has 1 aromatic carbocycles. The van der Waals surface area contributed by atoms with Crippen molar-refractivity contribution in [2.75, 3.05) is 6.54 Å². The Balaban J connectivity index is 2.04. The Labute approximate surface area is 98.7 Å². The van der Waals surface area contributed by atoms with Crippen LogP contribution >= 0.6 is 0 Å². The summed E-state index contributed by atoms with van der Waals surface area (Å²) in [6.45, 7) is 0.923. The van der Waals surface area contributed by atoms with E-state index in [4.69, 9.17) is 0 Å². The second-order valence-corrected chi connectivity index (χ2v) is 4.55. The van der Waals surface area contributed by atoms with Crippen LogP contribution in [0.25, 0.3) is 10.9 Å². The number of aliphatic hydroxyl groups excluding tert-OH is 1. The third kappa shape index (κ3) is 1.73. The van der Waals surface area contributed by atoms with E-state index in [1.807, 2.05) is 6.07 Å². The van der Waals surface area contributed by atoms with Crippen molar-refractivity contribution in [3.8, 4) is 0 Å². The number of aromatic amines is 1. The first-order valence-electron chi connectivity index (χ1n) is 5.94. The number of H-pyrrole nitrogens is 1. The predicted octanol–water partition coefficient (Wildman–Crippen LogP) is 2.09. The Kier molecular flexibility index (Phi) is 2.61. The van der Waals surface area contributed by atoms with Gasteiger partial charge in [-0.15, -0.1) is 0 Å². The van der Waals surface area contributed by atoms with Crippen molar-refractivity contribution in [2.45, 2.75) is 25.0 Å². The van der Waals surface area contributed by atoms with Crippen molar-refractivity contribution in [3.05, 3.63) is 35.8 Å². The van der Waals surface area contributed by atoms with Crippen molar-refractivity contribution in [1.29, 1.82) is 0 Å². The van der Waals surface area contributed by atoms with E-state index >= 15 is 0 Å². The lowest BCUT2D eigenvalue weighted by Crippen LogP contribution is -2.28. The van der Waals surface area contributed by atoms with E-state index in [0.717, 1.165) is 24.9 Å². The lowest BCUT2D eigenvalue weighted by molar-refractivity contribution is 0.139. The quantitative estimate of drug-likeness (QED) is 0.745. The smallest absolute Gasteiger partial charge is 0.132 e. The molecule has 3 nitrogen and oxygen atoms in total. The number of fused-ring (bicyclic) bond motifs is 1. The van der Waals surface area contributed by atoms with Crippen LogP contribution in [0, 0.1) is 5.82 Å². The van der Waals surface area contributed by atoms with Gasteiger partial charge in [-0.3, -0.25) is 0 Å². The zero-order chi connectivity index (χ0) is 11.8. The molecule has 0 radical (unpaired) electrons. The first kappa shape index (κ1) is 10.7. The van der Waals surface area contributed by atoms with Gasteiger partial charge in [0.25, 0.3) is 0 Å². The monoisotopic (exact) mass is 234 g/mol. The average molecular weight is 234 g/mol. The summed E-state index contributed by atoms with van der Waals surface area (Å²) >= 11 is 0. The normalized spacial score (nSPS) is 22.1. The second kappa shape index (κ2) is 4.13. The largest absolute Gasteiger partial charge is 0.387 e. The minimum Gasteiger partial charge on any atom is -0.387 e. The molecule has 1 aliphatic heterocycles. The molecule has 3 N–H and O–H groups in total. The SMILES string of the molecule is OC(c1c[nH]c2cccc(F)c12)C1CCCN1. The van der Waals surface area contributed by atoms with Crippen LogP contribution in [-0.4, -0.2) is 22.7 Å². The standard InChI is InChI=1S/C13H15FN2O/c14-9-3-1-4-10-12(9)8(7-16-10)13(17)11-5-2-6-15-11/h1,3-4,7,11,13,15-17H,2,5-6H2. The van der Waals surface area contributed by atoms with E-state index < -0.39 is 6.10 Å². The number of nitrogens with one attached hydrogen (secondary N) is 2. The fourth-order valence-electron chi connectivity index (χ4n) is 2.60. The lowest BCUT2D eigenvalue weighted by Gasteiger charge is -2.17. The van der Waals surface area contributed by atoms with E-state index in [2.05, 4.69) is 10.3 Å². The van der Waals surface area contributed by atoms with Gasteiger partial charge in [0.1, 0.15) is 5.82 Å². The van der Waals surface area contributed by atoms with Crippen LogP contribution in [0.2, 0.25) is 0 Å². The molecule has 4 heteroatoms. The molecular weight excluding hydrogens is 219 g/mol. The molecule has 0 spiro atoms. The van der Waals surface area contributed by atoms with Crippen molar-refractivity contribution in [2.24, 2.45) is 0 Å². The van der Waals surface area contributed by atoms with Crippen molar-refractivity contribution < 1.29 is 9.50 Å². The molecule has 0 saturated carbocycles. The molecule has 17 heavy (non-hydrogen) atoms. The Morgan fingerprint density at radius 3 is 3.06 bits per heavy atom. The fourth-order valence-corrected chi connectivity index (χ4v) is 2.60. The minimum absolute atomic E-state index is 0.0357. The van der Waals surface area contributed by atoms with Gasteiger partial charge in [0, 0.05) is 28.7 Å². The highest BCUT2D eigenvalue weighted by atomic mass is 19.1. The molecule has 90 valence electrons. The van der Waals surface area contributed by atoms with E-state index in [0.29, 0.717) is 10.9 Å². The highest BCUT2D eigenvalue weighted by molar-refractivity contribution is 5.84. The number of halogens is 1. The summed E-state index contributed by atoms with van der Waals surface area (Å²) in [7, 11) is 0. The third-order valence-electron chi connectivity index (χ3n) is 3.48. The maximum Gasteiger partial charge on any atom is 0.132 e. The van der Waals surface area contributed by atoms with Crippen molar-refractivity contribution in [1.82, 2.24) is 10.3 Å². The number of aliphatic hydroxyl groups is 1. The Morgan fingerprint density at radius 2 is 2.29 bits per heavy atom. The first-order chi connectivity index (χ1) is 8.27. The maximum atomic E-state index is 13.8. The van der Waals surface area contributed by atoms with Crippen LogP contribution in [0.4, 0.5) is 4.39 Å². The lowest BCUT2D eigenvalue weighted by atomic mass is 10.0. The zero-order valence-corrected chi connectivity index (χ0v) is 9.41. The molecule has 2 heterocycles. The highest BCUT2D eigenvalue weighted by Crippen LogP contribution is 2.30. The fraction of sp³-hybridized carbons (Fsp3) is 0.385. The van der Waals surface area contributed by atoms with Gasteiger partial charge in [0.05, 0.1) is 6.10 Å². The van der Waals surface area contributed by atoms with E-state index in [-0.39, 0.29) is 11.9 Å². The topological polar surface area (TPSA) is 48.0 Å². The van der Waals surface area contributed by atoms with Crippen LogP contribution < -0.4 is 5.32 Å². The molecule has 0 aliphatic carbocycles. The van der Waals surface area contributed by atoms with Gasteiger partial charge in [0.15, 0.2) is 0 Å². The first-order valence-corrected chi connectivity index (χ1v) is 5.94. The van der Waals surface area contributed by atoms with Crippen molar-refractivity contribution in [3.63, 3.8) is 0 Å². The van der Waals surface area contributed by atoms with E-state index in [9.17, 15) is 9.50 Å². The van der Waals surface area contributed by atoms with Gasteiger partial charge >= 0.3 is 0 Å². The predicted molar refractivity (Wildman–Crippen MR) is 64.2 cm³/mol. The second-order valence-electron chi connectivity index (χ2n) is 4.55. The molecule has 1 aliphatic rings. The summed E-state index contributed by atoms with van der Waals surface area (Å²) in [5, 5.41) is 14.0. The molecule has 0 amide bonds. The highest BCUT2D eigenvalue weighted by Gasteiger charge is 2.26. The summed E-state index contributed by atoms with van der Waals surface area (Å²) < 4.78 is 13.8. The van der Waals surface area contributed by atoms with Gasteiger partial charge < -0.3 is 15.4 Å².